The van der Waals surface area contributed by atoms with Crippen molar-refractivity contribution in [1.82, 2.24) is 9.97 Å². The van der Waals surface area contributed by atoms with Crippen LogP contribution in [0.2, 0.25) is 0 Å². The number of nitrogens with zero attached hydrogens (tertiary/aromatic N) is 2. The Labute approximate surface area is 165 Å². The molecule has 3 aromatic rings. The third-order valence-electron chi connectivity index (χ3n) is 4.13. The molecule has 3 rings (SSSR count). The maximum atomic E-state index is 11.3. The van der Waals surface area contributed by atoms with Crippen LogP contribution in [0.3, 0.4) is 0 Å². The van der Waals surface area contributed by atoms with E-state index in [0.29, 0.717) is 18.8 Å². The van der Waals surface area contributed by atoms with Crippen molar-refractivity contribution in [3.8, 4) is 0 Å². The van der Waals surface area contributed by atoms with Crippen molar-refractivity contribution in [2.24, 2.45) is 5.14 Å². The number of aromatic nitrogens is 2. The number of benzene rings is 2. The van der Waals surface area contributed by atoms with Crippen molar-refractivity contribution in [2.75, 3.05) is 17.2 Å². The Morgan fingerprint density at radius 1 is 0.929 bits per heavy atom. The van der Waals surface area contributed by atoms with Gasteiger partial charge in [-0.05, 0) is 50.1 Å². The van der Waals surface area contributed by atoms with E-state index in [1.54, 1.807) is 12.1 Å². The fourth-order valence-corrected chi connectivity index (χ4v) is 3.20. The van der Waals surface area contributed by atoms with Crippen molar-refractivity contribution in [1.29, 1.82) is 0 Å². The maximum Gasteiger partial charge on any atom is 0.238 e. The van der Waals surface area contributed by atoms with Crippen LogP contribution < -0.4 is 15.8 Å². The van der Waals surface area contributed by atoms with Crippen LogP contribution >= 0.6 is 0 Å². The Balaban J connectivity index is 1.61. The lowest BCUT2D eigenvalue weighted by Crippen LogP contribution is -2.12. The standard InChI is InChI=1S/C20H23N5O2S/c1-14-3-7-17(8-4-14)25-20-13-19(23-15(2)24-20)22-12-11-16-5-9-18(10-6-16)28(21,26)27/h3-10,13H,11-12H2,1-2H3,(H2,21,26,27)(H2,22,23,24,25). The van der Waals surface area contributed by atoms with Gasteiger partial charge in [-0.3, -0.25) is 0 Å². The molecule has 0 radical (unpaired) electrons. The highest BCUT2D eigenvalue weighted by atomic mass is 32.2. The molecule has 7 nitrogen and oxygen atoms in total. The maximum absolute atomic E-state index is 11.3. The molecule has 1 aromatic heterocycles. The first-order chi connectivity index (χ1) is 13.3. The van der Waals surface area contributed by atoms with Crippen LogP contribution in [0.1, 0.15) is 17.0 Å². The molecule has 0 bridgehead atoms. The fourth-order valence-electron chi connectivity index (χ4n) is 2.69. The summed E-state index contributed by atoms with van der Waals surface area (Å²) < 4.78 is 22.6. The van der Waals surface area contributed by atoms with Crippen molar-refractivity contribution < 1.29 is 8.42 Å². The molecule has 4 N–H and O–H groups in total. The minimum Gasteiger partial charge on any atom is -0.370 e. The summed E-state index contributed by atoms with van der Waals surface area (Å²) in [6, 6.07) is 16.5. The summed E-state index contributed by atoms with van der Waals surface area (Å²) in [6.07, 6.45) is 0.717. The van der Waals surface area contributed by atoms with E-state index in [2.05, 4.69) is 20.6 Å². The Hall–Kier alpha value is -2.97. The van der Waals surface area contributed by atoms with Crippen molar-refractivity contribution in [3.63, 3.8) is 0 Å². The van der Waals surface area contributed by atoms with Gasteiger partial charge in [0.2, 0.25) is 10.0 Å². The molecule has 0 saturated carbocycles. The number of hydrogen-bond acceptors (Lipinski definition) is 6. The van der Waals surface area contributed by atoms with Crippen LogP contribution in [0.15, 0.2) is 59.5 Å². The van der Waals surface area contributed by atoms with Gasteiger partial charge < -0.3 is 10.6 Å². The quantitative estimate of drug-likeness (QED) is 0.565. The predicted octanol–water partition coefficient (Wildman–Crippen LogP) is 3.14. The van der Waals surface area contributed by atoms with Gasteiger partial charge in [0.25, 0.3) is 0 Å². The van der Waals surface area contributed by atoms with Gasteiger partial charge >= 0.3 is 0 Å². The highest BCUT2D eigenvalue weighted by Crippen LogP contribution is 2.18. The lowest BCUT2D eigenvalue weighted by Gasteiger charge is -2.11. The molecular weight excluding hydrogens is 374 g/mol. The number of sulfonamides is 1. The lowest BCUT2D eigenvalue weighted by atomic mass is 10.1. The molecule has 0 amide bonds. The summed E-state index contributed by atoms with van der Waals surface area (Å²) in [6.45, 7) is 4.54. The van der Waals surface area contributed by atoms with Crippen molar-refractivity contribution in [2.45, 2.75) is 25.2 Å². The zero-order valence-corrected chi connectivity index (χ0v) is 16.6. The number of hydrogen-bond donors (Lipinski definition) is 3. The summed E-state index contributed by atoms with van der Waals surface area (Å²) in [5.41, 5.74) is 3.16. The largest absolute Gasteiger partial charge is 0.370 e. The summed E-state index contributed by atoms with van der Waals surface area (Å²) in [7, 11) is -3.66. The Morgan fingerprint density at radius 2 is 1.57 bits per heavy atom. The normalized spacial score (nSPS) is 11.2. The van der Waals surface area contributed by atoms with Gasteiger partial charge in [-0.25, -0.2) is 23.5 Å². The van der Waals surface area contributed by atoms with E-state index in [0.717, 1.165) is 22.9 Å². The van der Waals surface area contributed by atoms with E-state index in [4.69, 9.17) is 5.14 Å². The van der Waals surface area contributed by atoms with E-state index in [-0.39, 0.29) is 4.90 Å². The van der Waals surface area contributed by atoms with Crippen LogP contribution in [-0.2, 0) is 16.4 Å². The molecule has 2 aromatic carbocycles. The average Bonchev–Trinajstić information content (AvgIpc) is 2.63. The van der Waals surface area contributed by atoms with Gasteiger partial charge in [-0.2, -0.15) is 0 Å². The second-order valence-corrected chi connectivity index (χ2v) is 8.10. The van der Waals surface area contributed by atoms with Gasteiger partial charge in [-0.15, -0.1) is 0 Å². The highest BCUT2D eigenvalue weighted by Gasteiger charge is 2.07. The summed E-state index contributed by atoms with van der Waals surface area (Å²) in [5, 5.41) is 11.7. The molecule has 0 unspecified atom stereocenters. The SMILES string of the molecule is Cc1ccc(Nc2cc(NCCc3ccc(S(N)(=O)=O)cc3)nc(C)n2)cc1. The molecule has 0 aliphatic heterocycles. The molecule has 0 aliphatic rings. The summed E-state index contributed by atoms with van der Waals surface area (Å²) in [4.78, 5) is 8.94. The Morgan fingerprint density at radius 3 is 2.21 bits per heavy atom. The van der Waals surface area contributed by atoms with Crippen LogP contribution in [-0.4, -0.2) is 24.9 Å². The zero-order chi connectivity index (χ0) is 20.1. The first-order valence-electron chi connectivity index (χ1n) is 8.84. The smallest absolute Gasteiger partial charge is 0.238 e. The molecule has 8 heteroatoms. The van der Waals surface area contributed by atoms with Crippen molar-refractivity contribution in [3.05, 3.63) is 71.5 Å². The summed E-state index contributed by atoms with van der Waals surface area (Å²) in [5.74, 6) is 2.11. The number of nitrogens with one attached hydrogen (secondary N) is 2. The first-order valence-corrected chi connectivity index (χ1v) is 10.4. The second kappa shape index (κ2) is 8.37. The molecule has 146 valence electrons. The van der Waals surface area contributed by atoms with E-state index >= 15 is 0 Å². The van der Waals surface area contributed by atoms with Gasteiger partial charge in [0, 0.05) is 18.3 Å². The van der Waals surface area contributed by atoms with E-state index in [9.17, 15) is 8.42 Å². The lowest BCUT2D eigenvalue weighted by molar-refractivity contribution is 0.598. The average molecular weight is 398 g/mol. The second-order valence-electron chi connectivity index (χ2n) is 6.54. The molecule has 0 spiro atoms. The van der Waals surface area contributed by atoms with Crippen LogP contribution in [0, 0.1) is 13.8 Å². The number of primary sulfonamides is 1. The molecule has 28 heavy (non-hydrogen) atoms. The van der Waals surface area contributed by atoms with Gasteiger partial charge in [0.05, 0.1) is 4.90 Å². The van der Waals surface area contributed by atoms with Gasteiger partial charge in [-0.1, -0.05) is 29.8 Å². The predicted molar refractivity (Wildman–Crippen MR) is 111 cm³/mol. The van der Waals surface area contributed by atoms with E-state index in [1.165, 1.54) is 17.7 Å². The molecular formula is C20H23N5O2S. The Kier molecular flexibility index (Phi) is 5.91. The monoisotopic (exact) mass is 397 g/mol. The zero-order valence-electron chi connectivity index (χ0n) is 15.8. The summed E-state index contributed by atoms with van der Waals surface area (Å²) >= 11 is 0. The number of nitrogens with two attached hydrogens (primary N) is 1. The minimum atomic E-state index is -3.66. The number of aryl methyl sites for hydroxylation is 2. The third-order valence-corrected chi connectivity index (χ3v) is 5.06. The molecule has 0 saturated heterocycles. The van der Waals surface area contributed by atoms with Crippen LogP contribution in [0.25, 0.3) is 0 Å². The molecule has 0 atom stereocenters. The number of rotatable bonds is 7. The van der Waals surface area contributed by atoms with Gasteiger partial charge in [0.15, 0.2) is 0 Å². The molecule has 0 fully saturated rings. The molecule has 1 heterocycles. The third kappa shape index (κ3) is 5.51. The van der Waals surface area contributed by atoms with E-state index < -0.39 is 10.0 Å². The number of anilines is 3. The minimum absolute atomic E-state index is 0.113. The van der Waals surface area contributed by atoms with Crippen LogP contribution in [0.5, 0.6) is 0 Å². The topological polar surface area (TPSA) is 110 Å². The highest BCUT2D eigenvalue weighted by molar-refractivity contribution is 7.89. The van der Waals surface area contributed by atoms with Crippen molar-refractivity contribution >= 4 is 27.3 Å². The van der Waals surface area contributed by atoms with Crippen LogP contribution in [0.4, 0.5) is 17.3 Å². The van der Waals surface area contributed by atoms with E-state index in [1.807, 2.05) is 44.2 Å². The Bertz CT molecular complexity index is 1050. The van der Waals surface area contributed by atoms with Gasteiger partial charge in [0.1, 0.15) is 17.5 Å². The molecule has 0 aliphatic carbocycles. The first kappa shape index (κ1) is 19.8. The fraction of sp³-hybridized carbons (Fsp3) is 0.200.